The molecule has 1 heterocycles. The standard InChI is InChI=1S/C19H13ClN2O3/c1-25-18-8-12(4-7-17(18)23)14-9-16(22-19(24)15(14)10-21)11-2-5-13(20)6-3-11/h2-9,23H,1H3,(H,22,24). The van der Waals surface area contributed by atoms with E-state index in [0.29, 0.717) is 21.8 Å². The second-order valence-corrected chi connectivity index (χ2v) is 5.74. The number of halogens is 1. The molecule has 3 rings (SSSR count). The molecule has 0 bridgehead atoms. The fourth-order valence-corrected chi connectivity index (χ4v) is 2.65. The van der Waals surface area contributed by atoms with E-state index in [-0.39, 0.29) is 17.1 Å². The number of methoxy groups -OCH3 is 1. The van der Waals surface area contributed by atoms with E-state index in [9.17, 15) is 15.2 Å². The van der Waals surface area contributed by atoms with Crippen molar-refractivity contribution >= 4 is 11.6 Å². The molecule has 25 heavy (non-hydrogen) atoms. The summed E-state index contributed by atoms with van der Waals surface area (Å²) in [6.07, 6.45) is 0. The van der Waals surface area contributed by atoms with Gasteiger partial charge in [-0.2, -0.15) is 5.26 Å². The lowest BCUT2D eigenvalue weighted by Crippen LogP contribution is -2.12. The van der Waals surface area contributed by atoms with E-state index in [4.69, 9.17) is 16.3 Å². The van der Waals surface area contributed by atoms with Crippen molar-refractivity contribution in [1.29, 1.82) is 5.26 Å². The second kappa shape index (κ2) is 6.71. The van der Waals surface area contributed by atoms with Crippen LogP contribution in [0.15, 0.2) is 53.3 Å². The van der Waals surface area contributed by atoms with Gasteiger partial charge in [0.05, 0.1) is 7.11 Å². The Kier molecular flexibility index (Phi) is 4.46. The first kappa shape index (κ1) is 16.6. The summed E-state index contributed by atoms with van der Waals surface area (Å²) in [5.74, 6) is 0.238. The third-order valence-electron chi connectivity index (χ3n) is 3.79. The number of nitrogens with zero attached hydrogens (tertiary/aromatic N) is 1. The molecule has 0 unspecified atom stereocenters. The monoisotopic (exact) mass is 352 g/mol. The highest BCUT2D eigenvalue weighted by molar-refractivity contribution is 6.30. The smallest absolute Gasteiger partial charge is 0.266 e. The van der Waals surface area contributed by atoms with Crippen LogP contribution in [0.4, 0.5) is 0 Å². The molecular weight excluding hydrogens is 340 g/mol. The maximum absolute atomic E-state index is 12.3. The number of phenolic OH excluding ortho intramolecular Hbond substituents is 1. The first-order valence-electron chi connectivity index (χ1n) is 7.34. The fraction of sp³-hybridized carbons (Fsp3) is 0.0526. The van der Waals surface area contributed by atoms with Crippen LogP contribution in [0.1, 0.15) is 5.56 Å². The van der Waals surface area contributed by atoms with E-state index in [2.05, 4.69) is 4.98 Å². The summed E-state index contributed by atoms with van der Waals surface area (Å²) >= 11 is 5.90. The average Bonchev–Trinajstić information content (AvgIpc) is 2.62. The minimum absolute atomic E-state index is 0.00884. The maximum Gasteiger partial charge on any atom is 0.266 e. The fourth-order valence-electron chi connectivity index (χ4n) is 2.53. The first-order chi connectivity index (χ1) is 12.0. The molecule has 0 aliphatic rings. The molecule has 0 saturated carbocycles. The number of aromatic nitrogens is 1. The van der Waals surface area contributed by atoms with Crippen molar-refractivity contribution in [2.24, 2.45) is 0 Å². The minimum atomic E-state index is -0.489. The molecule has 0 aliphatic carbocycles. The molecular formula is C19H13ClN2O3. The average molecular weight is 353 g/mol. The predicted octanol–water partition coefficient (Wildman–Crippen LogP) is 3.95. The Labute approximate surface area is 148 Å². The molecule has 0 fully saturated rings. The predicted molar refractivity (Wildman–Crippen MR) is 95.9 cm³/mol. The molecule has 124 valence electrons. The zero-order valence-corrected chi connectivity index (χ0v) is 14.0. The number of phenols is 1. The van der Waals surface area contributed by atoms with Gasteiger partial charge in [0.25, 0.3) is 5.56 Å². The van der Waals surface area contributed by atoms with Gasteiger partial charge in [-0.15, -0.1) is 0 Å². The van der Waals surface area contributed by atoms with Crippen LogP contribution in [0.5, 0.6) is 11.5 Å². The number of benzene rings is 2. The van der Waals surface area contributed by atoms with E-state index in [1.165, 1.54) is 13.2 Å². The highest BCUT2D eigenvalue weighted by Crippen LogP contribution is 2.33. The number of nitrogens with one attached hydrogen (secondary N) is 1. The Bertz CT molecular complexity index is 1030. The molecule has 3 aromatic rings. The molecule has 0 spiro atoms. The largest absolute Gasteiger partial charge is 0.504 e. The quantitative estimate of drug-likeness (QED) is 0.747. The number of aromatic amines is 1. The van der Waals surface area contributed by atoms with Gasteiger partial charge >= 0.3 is 0 Å². The highest BCUT2D eigenvalue weighted by Gasteiger charge is 2.14. The molecule has 5 nitrogen and oxygen atoms in total. The van der Waals surface area contributed by atoms with Crippen molar-refractivity contribution in [3.05, 3.63) is 69.5 Å². The van der Waals surface area contributed by atoms with Gasteiger partial charge in [-0.25, -0.2) is 0 Å². The summed E-state index contributed by atoms with van der Waals surface area (Å²) in [6.45, 7) is 0. The van der Waals surface area contributed by atoms with E-state index in [1.54, 1.807) is 42.5 Å². The van der Waals surface area contributed by atoms with Crippen LogP contribution in [0.2, 0.25) is 5.02 Å². The maximum atomic E-state index is 12.3. The van der Waals surface area contributed by atoms with Crippen molar-refractivity contribution in [3.63, 3.8) is 0 Å². The summed E-state index contributed by atoms with van der Waals surface area (Å²) < 4.78 is 5.11. The lowest BCUT2D eigenvalue weighted by molar-refractivity contribution is 0.373. The van der Waals surface area contributed by atoms with E-state index >= 15 is 0 Å². The van der Waals surface area contributed by atoms with Crippen molar-refractivity contribution in [2.75, 3.05) is 7.11 Å². The van der Waals surface area contributed by atoms with Crippen molar-refractivity contribution in [1.82, 2.24) is 4.98 Å². The summed E-state index contributed by atoms with van der Waals surface area (Å²) in [4.78, 5) is 15.1. The molecule has 2 aromatic carbocycles. The molecule has 0 saturated heterocycles. The Morgan fingerprint density at radius 1 is 1.12 bits per heavy atom. The van der Waals surface area contributed by atoms with Gasteiger partial charge in [0.15, 0.2) is 11.5 Å². The molecule has 0 amide bonds. The van der Waals surface area contributed by atoms with Gasteiger partial charge in [-0.05, 0) is 41.5 Å². The van der Waals surface area contributed by atoms with Crippen LogP contribution in [0, 0.1) is 11.3 Å². The Balaban J connectivity index is 2.23. The zero-order chi connectivity index (χ0) is 18.0. The van der Waals surface area contributed by atoms with Gasteiger partial charge in [0.1, 0.15) is 11.6 Å². The first-order valence-corrected chi connectivity index (χ1v) is 7.72. The summed E-state index contributed by atoms with van der Waals surface area (Å²) in [7, 11) is 1.43. The van der Waals surface area contributed by atoms with Crippen molar-refractivity contribution < 1.29 is 9.84 Å². The van der Waals surface area contributed by atoms with Crippen LogP contribution in [-0.4, -0.2) is 17.2 Å². The van der Waals surface area contributed by atoms with Crippen molar-refractivity contribution in [3.8, 4) is 40.0 Å². The number of hydrogen-bond acceptors (Lipinski definition) is 4. The van der Waals surface area contributed by atoms with Crippen LogP contribution in [0.25, 0.3) is 22.4 Å². The minimum Gasteiger partial charge on any atom is -0.504 e. The second-order valence-electron chi connectivity index (χ2n) is 5.31. The lowest BCUT2D eigenvalue weighted by atomic mass is 9.98. The highest BCUT2D eigenvalue weighted by atomic mass is 35.5. The summed E-state index contributed by atoms with van der Waals surface area (Å²) in [5.41, 5.74) is 1.87. The molecule has 0 radical (unpaired) electrons. The number of nitriles is 1. The molecule has 0 aliphatic heterocycles. The van der Waals surface area contributed by atoms with Crippen LogP contribution < -0.4 is 10.3 Å². The van der Waals surface area contributed by atoms with Gasteiger partial charge in [-0.1, -0.05) is 29.8 Å². The number of hydrogen-bond donors (Lipinski definition) is 2. The number of rotatable bonds is 3. The van der Waals surface area contributed by atoms with E-state index in [1.807, 2.05) is 6.07 Å². The summed E-state index contributed by atoms with van der Waals surface area (Å²) in [6, 6.07) is 15.3. The zero-order valence-electron chi connectivity index (χ0n) is 13.2. The van der Waals surface area contributed by atoms with Gasteiger partial charge in [-0.3, -0.25) is 4.79 Å². The summed E-state index contributed by atoms with van der Waals surface area (Å²) in [5, 5.41) is 19.7. The van der Waals surface area contributed by atoms with Crippen molar-refractivity contribution in [2.45, 2.75) is 0 Å². The molecule has 0 atom stereocenters. The van der Waals surface area contributed by atoms with Gasteiger partial charge in [0.2, 0.25) is 0 Å². The molecule has 6 heteroatoms. The van der Waals surface area contributed by atoms with Gasteiger partial charge in [0, 0.05) is 16.3 Å². The van der Waals surface area contributed by atoms with Gasteiger partial charge < -0.3 is 14.8 Å². The lowest BCUT2D eigenvalue weighted by Gasteiger charge is -2.10. The third kappa shape index (κ3) is 3.21. The SMILES string of the molecule is COc1cc(-c2cc(-c3ccc(Cl)cc3)[nH]c(=O)c2C#N)ccc1O. The van der Waals surface area contributed by atoms with Crippen LogP contribution in [-0.2, 0) is 0 Å². The topological polar surface area (TPSA) is 86.1 Å². The number of H-pyrrole nitrogens is 1. The Morgan fingerprint density at radius 2 is 1.80 bits per heavy atom. The molecule has 1 aromatic heterocycles. The van der Waals surface area contributed by atoms with E-state index < -0.39 is 5.56 Å². The third-order valence-corrected chi connectivity index (χ3v) is 4.04. The molecule has 2 N–H and O–H groups in total. The number of ether oxygens (including phenoxy) is 1. The Hall–Kier alpha value is -3.23. The number of pyridine rings is 1. The normalized spacial score (nSPS) is 10.3. The van der Waals surface area contributed by atoms with Crippen LogP contribution >= 0.6 is 11.6 Å². The Morgan fingerprint density at radius 3 is 2.44 bits per heavy atom. The number of aromatic hydroxyl groups is 1. The van der Waals surface area contributed by atoms with E-state index in [0.717, 1.165) is 5.56 Å². The van der Waals surface area contributed by atoms with Crippen LogP contribution in [0.3, 0.4) is 0 Å².